The van der Waals surface area contributed by atoms with Gasteiger partial charge in [0.05, 0.1) is 12.3 Å². The minimum Gasteiger partial charge on any atom is -0.375 e. The van der Waals surface area contributed by atoms with E-state index >= 15 is 0 Å². The summed E-state index contributed by atoms with van der Waals surface area (Å²) >= 11 is 1.70. The van der Waals surface area contributed by atoms with Gasteiger partial charge in [0.1, 0.15) is 5.01 Å². The maximum Gasteiger partial charge on any atom is 0.119 e. The van der Waals surface area contributed by atoms with Crippen molar-refractivity contribution in [3.05, 3.63) is 16.1 Å². The molecule has 1 aromatic rings. The number of nitrogens with zero attached hydrogens (tertiary/aromatic N) is 1. The third kappa shape index (κ3) is 3.08. The molecule has 0 spiro atoms. The number of ether oxygens (including phenoxy) is 1. The van der Waals surface area contributed by atoms with Crippen LogP contribution in [0.2, 0.25) is 0 Å². The molecule has 1 unspecified atom stereocenters. The molecule has 1 rings (SSSR count). The van der Waals surface area contributed by atoms with Crippen LogP contribution in [0.25, 0.3) is 0 Å². The molecule has 0 fully saturated rings. The lowest BCUT2D eigenvalue weighted by molar-refractivity contribution is 0.133. The molecule has 74 valence electrons. The van der Waals surface area contributed by atoms with Crippen LogP contribution in [-0.2, 0) is 11.3 Å². The first-order valence-electron chi connectivity index (χ1n) is 4.80. The van der Waals surface area contributed by atoms with Crippen LogP contribution < -0.4 is 0 Å². The Labute approximate surface area is 84.0 Å². The quantitative estimate of drug-likeness (QED) is 0.726. The van der Waals surface area contributed by atoms with E-state index in [0.29, 0.717) is 12.5 Å². The molecular formula is C10H17NOS. The number of rotatable bonds is 5. The molecule has 0 N–H and O–H groups in total. The highest BCUT2D eigenvalue weighted by Gasteiger charge is 2.07. The Morgan fingerprint density at radius 1 is 1.54 bits per heavy atom. The van der Waals surface area contributed by atoms with Gasteiger partial charge in [-0.25, -0.2) is 4.98 Å². The van der Waals surface area contributed by atoms with Crippen LogP contribution in [0.3, 0.4) is 0 Å². The van der Waals surface area contributed by atoms with E-state index in [4.69, 9.17) is 4.74 Å². The third-order valence-corrected chi connectivity index (χ3v) is 2.96. The molecule has 0 amide bonds. The molecule has 0 aliphatic heterocycles. The standard InChI is InChI=1S/C10H17NOS/c1-4-8(3)9-7-13-10(11-9)6-12-5-2/h7-8H,4-6H2,1-3H3. The molecule has 0 bridgehead atoms. The van der Waals surface area contributed by atoms with Gasteiger partial charge in [0.15, 0.2) is 0 Å². The predicted octanol–water partition coefficient (Wildman–Crippen LogP) is 3.19. The van der Waals surface area contributed by atoms with Gasteiger partial charge in [0.2, 0.25) is 0 Å². The summed E-state index contributed by atoms with van der Waals surface area (Å²) in [5.74, 6) is 0.576. The third-order valence-electron chi connectivity index (χ3n) is 2.12. The number of aromatic nitrogens is 1. The van der Waals surface area contributed by atoms with Crippen molar-refractivity contribution >= 4 is 11.3 Å². The van der Waals surface area contributed by atoms with Gasteiger partial charge < -0.3 is 4.74 Å². The highest BCUT2D eigenvalue weighted by molar-refractivity contribution is 7.09. The fourth-order valence-corrected chi connectivity index (χ4v) is 1.87. The van der Waals surface area contributed by atoms with Crippen LogP contribution in [-0.4, -0.2) is 11.6 Å². The topological polar surface area (TPSA) is 22.1 Å². The van der Waals surface area contributed by atoms with Crippen molar-refractivity contribution in [2.75, 3.05) is 6.61 Å². The molecule has 0 aliphatic rings. The van der Waals surface area contributed by atoms with E-state index < -0.39 is 0 Å². The summed E-state index contributed by atoms with van der Waals surface area (Å²) in [6.07, 6.45) is 1.15. The summed E-state index contributed by atoms with van der Waals surface area (Å²) in [4.78, 5) is 4.51. The van der Waals surface area contributed by atoms with Gasteiger partial charge in [-0.1, -0.05) is 13.8 Å². The average molecular weight is 199 g/mol. The first kappa shape index (κ1) is 10.7. The van der Waals surface area contributed by atoms with Gasteiger partial charge in [-0.05, 0) is 19.3 Å². The highest BCUT2D eigenvalue weighted by Crippen LogP contribution is 2.21. The van der Waals surface area contributed by atoms with Crippen molar-refractivity contribution in [1.29, 1.82) is 0 Å². The Bertz CT molecular complexity index is 247. The van der Waals surface area contributed by atoms with Crippen LogP contribution in [0, 0.1) is 0 Å². The Morgan fingerprint density at radius 3 is 2.92 bits per heavy atom. The van der Waals surface area contributed by atoms with Crippen molar-refractivity contribution in [3.8, 4) is 0 Å². The molecule has 2 nitrogen and oxygen atoms in total. The van der Waals surface area contributed by atoms with Crippen molar-refractivity contribution in [3.63, 3.8) is 0 Å². The Hall–Kier alpha value is -0.410. The van der Waals surface area contributed by atoms with E-state index in [1.807, 2.05) is 6.92 Å². The van der Waals surface area contributed by atoms with Crippen LogP contribution in [0.5, 0.6) is 0 Å². The summed E-state index contributed by atoms with van der Waals surface area (Å²) in [5.41, 5.74) is 1.21. The molecule has 0 saturated carbocycles. The van der Waals surface area contributed by atoms with E-state index in [2.05, 4.69) is 24.2 Å². The smallest absolute Gasteiger partial charge is 0.119 e. The molecule has 0 radical (unpaired) electrons. The normalized spacial score (nSPS) is 13.2. The van der Waals surface area contributed by atoms with Crippen LogP contribution >= 0.6 is 11.3 Å². The van der Waals surface area contributed by atoms with Gasteiger partial charge in [0, 0.05) is 12.0 Å². The molecule has 13 heavy (non-hydrogen) atoms. The van der Waals surface area contributed by atoms with E-state index in [1.165, 1.54) is 5.69 Å². The molecule has 1 aromatic heterocycles. The van der Waals surface area contributed by atoms with Crippen molar-refractivity contribution in [1.82, 2.24) is 4.98 Å². The van der Waals surface area contributed by atoms with Crippen molar-refractivity contribution in [2.45, 2.75) is 39.7 Å². The zero-order chi connectivity index (χ0) is 9.68. The predicted molar refractivity (Wildman–Crippen MR) is 56.2 cm³/mol. The van der Waals surface area contributed by atoms with Crippen LogP contribution in [0.4, 0.5) is 0 Å². The van der Waals surface area contributed by atoms with Gasteiger partial charge in [-0.3, -0.25) is 0 Å². The van der Waals surface area contributed by atoms with Gasteiger partial charge in [-0.2, -0.15) is 0 Å². The maximum absolute atomic E-state index is 5.29. The first-order valence-corrected chi connectivity index (χ1v) is 5.67. The highest BCUT2D eigenvalue weighted by atomic mass is 32.1. The molecule has 1 atom stereocenters. The van der Waals surface area contributed by atoms with Crippen LogP contribution in [0.15, 0.2) is 5.38 Å². The summed E-state index contributed by atoms with van der Waals surface area (Å²) < 4.78 is 5.29. The Morgan fingerprint density at radius 2 is 2.31 bits per heavy atom. The zero-order valence-electron chi connectivity index (χ0n) is 8.54. The molecule has 3 heteroatoms. The average Bonchev–Trinajstić information content (AvgIpc) is 2.62. The minimum absolute atomic E-state index is 0.576. The molecular weight excluding hydrogens is 182 g/mol. The lowest BCUT2D eigenvalue weighted by Gasteiger charge is -2.02. The summed E-state index contributed by atoms with van der Waals surface area (Å²) in [5, 5.41) is 3.24. The van der Waals surface area contributed by atoms with Crippen LogP contribution in [0.1, 0.15) is 43.8 Å². The summed E-state index contributed by atoms with van der Waals surface area (Å²) in [7, 11) is 0. The second-order valence-corrected chi connectivity index (χ2v) is 4.06. The fraction of sp³-hybridized carbons (Fsp3) is 0.700. The Kier molecular flexibility index (Phi) is 4.39. The van der Waals surface area contributed by atoms with E-state index in [0.717, 1.165) is 18.0 Å². The second-order valence-electron chi connectivity index (χ2n) is 3.11. The largest absolute Gasteiger partial charge is 0.375 e. The second kappa shape index (κ2) is 5.35. The summed E-state index contributed by atoms with van der Waals surface area (Å²) in [6.45, 7) is 7.82. The lowest BCUT2D eigenvalue weighted by atomic mass is 10.1. The summed E-state index contributed by atoms with van der Waals surface area (Å²) in [6, 6.07) is 0. The van der Waals surface area contributed by atoms with E-state index in [9.17, 15) is 0 Å². The maximum atomic E-state index is 5.29. The number of hydrogen-bond donors (Lipinski definition) is 0. The molecule has 1 heterocycles. The SMILES string of the molecule is CCOCc1nc(C(C)CC)cs1. The fourth-order valence-electron chi connectivity index (χ4n) is 1.02. The minimum atomic E-state index is 0.576. The zero-order valence-corrected chi connectivity index (χ0v) is 9.36. The van der Waals surface area contributed by atoms with Crippen molar-refractivity contribution in [2.24, 2.45) is 0 Å². The first-order chi connectivity index (χ1) is 6.27. The molecule has 0 aliphatic carbocycles. The van der Waals surface area contributed by atoms with Gasteiger partial charge in [0.25, 0.3) is 0 Å². The Balaban J connectivity index is 2.53. The van der Waals surface area contributed by atoms with Crippen molar-refractivity contribution < 1.29 is 4.74 Å². The van der Waals surface area contributed by atoms with Gasteiger partial charge in [-0.15, -0.1) is 11.3 Å². The molecule has 0 saturated heterocycles. The number of thiazole rings is 1. The molecule has 0 aromatic carbocycles. The lowest BCUT2D eigenvalue weighted by Crippen LogP contribution is -1.94. The monoisotopic (exact) mass is 199 g/mol. The van der Waals surface area contributed by atoms with E-state index in [-0.39, 0.29) is 0 Å². The number of hydrogen-bond acceptors (Lipinski definition) is 3. The van der Waals surface area contributed by atoms with Gasteiger partial charge >= 0.3 is 0 Å². The van der Waals surface area contributed by atoms with E-state index in [1.54, 1.807) is 11.3 Å².